The van der Waals surface area contributed by atoms with Gasteiger partial charge in [0.25, 0.3) is 0 Å². The third-order valence-corrected chi connectivity index (χ3v) is 3.57. The van der Waals surface area contributed by atoms with Crippen molar-refractivity contribution in [1.29, 1.82) is 0 Å². The molecular formula is C16H17N3O3. The lowest BCUT2D eigenvalue weighted by Crippen LogP contribution is -2.16. The van der Waals surface area contributed by atoms with Crippen LogP contribution in [0.5, 0.6) is 0 Å². The smallest absolute Gasteiger partial charge is 0.419 e. The molecule has 0 saturated heterocycles. The molecule has 114 valence electrons. The van der Waals surface area contributed by atoms with Gasteiger partial charge in [-0.1, -0.05) is 13.0 Å². The fourth-order valence-corrected chi connectivity index (χ4v) is 2.31. The summed E-state index contributed by atoms with van der Waals surface area (Å²) < 4.78 is 12.0. The minimum absolute atomic E-state index is 0.197. The van der Waals surface area contributed by atoms with Gasteiger partial charge < -0.3 is 9.47 Å². The number of rotatable bonds is 4. The van der Waals surface area contributed by atoms with Crippen LogP contribution in [0.4, 0.5) is 4.79 Å². The summed E-state index contributed by atoms with van der Waals surface area (Å²) in [5.41, 5.74) is 1.83. The first kappa shape index (κ1) is 14.3. The van der Waals surface area contributed by atoms with Gasteiger partial charge in [-0.3, -0.25) is 4.98 Å². The molecular weight excluding hydrogens is 282 g/mol. The van der Waals surface area contributed by atoms with E-state index in [9.17, 15) is 4.79 Å². The van der Waals surface area contributed by atoms with E-state index in [1.54, 1.807) is 18.7 Å². The van der Waals surface area contributed by atoms with Crippen LogP contribution < -0.4 is 0 Å². The largest absolute Gasteiger partial charge is 0.500 e. The number of hydrogen-bond donors (Lipinski definition) is 0. The molecule has 0 bridgehead atoms. The Bertz CT molecular complexity index is 650. The molecule has 3 heterocycles. The van der Waals surface area contributed by atoms with E-state index in [4.69, 9.17) is 9.47 Å². The summed E-state index contributed by atoms with van der Waals surface area (Å²) in [6, 6.07) is 3.90. The zero-order valence-electron chi connectivity index (χ0n) is 12.3. The molecule has 2 unspecified atom stereocenters. The van der Waals surface area contributed by atoms with Gasteiger partial charge in [0.15, 0.2) is 0 Å². The molecule has 6 nitrogen and oxygen atoms in total. The van der Waals surface area contributed by atoms with Crippen molar-refractivity contribution >= 4 is 6.09 Å². The van der Waals surface area contributed by atoms with Crippen LogP contribution in [0.2, 0.25) is 0 Å². The third kappa shape index (κ3) is 3.00. The van der Waals surface area contributed by atoms with Gasteiger partial charge in [-0.2, -0.15) is 0 Å². The van der Waals surface area contributed by atoms with Crippen LogP contribution in [0, 0.1) is 0 Å². The molecule has 3 rings (SSSR count). The van der Waals surface area contributed by atoms with Crippen LogP contribution in [-0.4, -0.2) is 27.2 Å². The van der Waals surface area contributed by atoms with E-state index in [0.717, 1.165) is 11.3 Å². The number of carbonyl (C=O) groups is 1. The minimum atomic E-state index is -0.444. The Morgan fingerprint density at radius 2 is 2.45 bits per heavy atom. The van der Waals surface area contributed by atoms with Gasteiger partial charge in [0.2, 0.25) is 0 Å². The molecule has 6 heteroatoms. The Morgan fingerprint density at radius 1 is 1.55 bits per heavy atom. The molecule has 22 heavy (non-hydrogen) atoms. The van der Waals surface area contributed by atoms with Crippen LogP contribution in [-0.2, 0) is 9.47 Å². The molecule has 2 aromatic rings. The Kier molecular flexibility index (Phi) is 4.18. The van der Waals surface area contributed by atoms with Crippen molar-refractivity contribution < 1.29 is 14.3 Å². The topological polar surface area (TPSA) is 66.2 Å². The monoisotopic (exact) mass is 299 g/mol. The van der Waals surface area contributed by atoms with Gasteiger partial charge in [0.1, 0.15) is 12.4 Å². The molecule has 0 N–H and O–H groups in total. The highest BCUT2D eigenvalue weighted by atomic mass is 16.6. The summed E-state index contributed by atoms with van der Waals surface area (Å²) in [4.78, 5) is 20.3. The third-order valence-electron chi connectivity index (χ3n) is 3.57. The Balaban J connectivity index is 1.70. The van der Waals surface area contributed by atoms with Gasteiger partial charge in [-0.25, -0.2) is 14.3 Å². The summed E-state index contributed by atoms with van der Waals surface area (Å²) >= 11 is 0. The molecule has 1 aliphatic heterocycles. The van der Waals surface area contributed by atoms with Crippen molar-refractivity contribution in [2.45, 2.75) is 25.4 Å². The van der Waals surface area contributed by atoms with Crippen molar-refractivity contribution in [2.24, 2.45) is 0 Å². The summed E-state index contributed by atoms with van der Waals surface area (Å²) in [6.45, 7) is 2.59. The van der Waals surface area contributed by atoms with Gasteiger partial charge >= 0.3 is 6.09 Å². The predicted octanol–water partition coefficient (Wildman–Crippen LogP) is 3.04. The van der Waals surface area contributed by atoms with Gasteiger partial charge in [-0.05, 0) is 18.6 Å². The molecule has 1 aliphatic rings. The number of imidazole rings is 1. The molecule has 0 spiro atoms. The first-order valence-electron chi connectivity index (χ1n) is 7.21. The average molecular weight is 299 g/mol. The van der Waals surface area contributed by atoms with E-state index in [0.29, 0.717) is 13.0 Å². The molecule has 2 aromatic heterocycles. The lowest BCUT2D eigenvalue weighted by Gasteiger charge is -2.17. The van der Waals surface area contributed by atoms with Crippen molar-refractivity contribution in [3.05, 3.63) is 60.6 Å². The number of nitrogens with zero attached hydrogens (tertiary/aromatic N) is 3. The van der Waals surface area contributed by atoms with Crippen LogP contribution in [0.25, 0.3) is 0 Å². The van der Waals surface area contributed by atoms with E-state index in [1.807, 2.05) is 25.1 Å². The lowest BCUT2D eigenvalue weighted by molar-refractivity contribution is 0.0962. The molecule has 0 aliphatic carbocycles. The molecule has 0 saturated carbocycles. The van der Waals surface area contributed by atoms with E-state index >= 15 is 0 Å². The highest BCUT2D eigenvalue weighted by Gasteiger charge is 2.18. The first-order chi connectivity index (χ1) is 10.8. The normalized spacial score (nSPS) is 18.0. The quantitative estimate of drug-likeness (QED) is 0.868. The van der Waals surface area contributed by atoms with E-state index in [2.05, 4.69) is 9.97 Å². The SMILES string of the molecule is CCC(OC(=O)n1ccnc1)c1ccc(C2C=COC2)nc1. The summed E-state index contributed by atoms with van der Waals surface area (Å²) in [6.07, 6.45) is 9.86. The summed E-state index contributed by atoms with van der Waals surface area (Å²) in [7, 11) is 0. The number of hydrogen-bond acceptors (Lipinski definition) is 5. The first-order valence-corrected chi connectivity index (χ1v) is 7.21. The number of carbonyl (C=O) groups excluding carboxylic acids is 1. The number of ether oxygens (including phenoxy) is 2. The minimum Gasteiger partial charge on any atom is -0.500 e. The molecule has 0 aromatic carbocycles. The second-order valence-corrected chi connectivity index (χ2v) is 5.04. The maximum Gasteiger partial charge on any atom is 0.419 e. The van der Waals surface area contributed by atoms with Crippen molar-refractivity contribution in [1.82, 2.24) is 14.5 Å². The van der Waals surface area contributed by atoms with Crippen molar-refractivity contribution in [2.75, 3.05) is 6.61 Å². The molecule has 2 atom stereocenters. The lowest BCUT2D eigenvalue weighted by atomic mass is 10.0. The maximum absolute atomic E-state index is 12.0. The van der Waals surface area contributed by atoms with Crippen LogP contribution in [0.1, 0.15) is 36.6 Å². The van der Waals surface area contributed by atoms with Gasteiger partial charge in [0, 0.05) is 24.2 Å². The van der Waals surface area contributed by atoms with Crippen LogP contribution >= 0.6 is 0 Å². The van der Waals surface area contributed by atoms with Crippen molar-refractivity contribution in [3.8, 4) is 0 Å². The van der Waals surface area contributed by atoms with Gasteiger partial charge in [0.05, 0.1) is 24.5 Å². The second-order valence-electron chi connectivity index (χ2n) is 5.04. The zero-order valence-corrected chi connectivity index (χ0v) is 12.3. The molecule has 0 fully saturated rings. The van der Waals surface area contributed by atoms with Gasteiger partial charge in [-0.15, -0.1) is 0 Å². The Morgan fingerprint density at radius 3 is 3.05 bits per heavy atom. The zero-order chi connectivity index (χ0) is 15.4. The fourth-order valence-electron chi connectivity index (χ4n) is 2.31. The maximum atomic E-state index is 12.0. The fraction of sp³-hybridized carbons (Fsp3) is 0.312. The van der Waals surface area contributed by atoms with E-state index in [-0.39, 0.29) is 12.0 Å². The average Bonchev–Trinajstić information content (AvgIpc) is 3.25. The highest BCUT2D eigenvalue weighted by Crippen LogP contribution is 2.25. The summed E-state index contributed by atoms with van der Waals surface area (Å²) in [5, 5.41) is 0. The van der Waals surface area contributed by atoms with E-state index in [1.165, 1.54) is 17.1 Å². The standard InChI is InChI=1S/C16H17N3O3/c1-2-15(22-16(20)19-7-6-17-11-19)12-3-4-14(18-9-12)13-5-8-21-10-13/h3-9,11,13,15H,2,10H2,1H3. The number of aromatic nitrogens is 3. The Hall–Kier alpha value is -2.63. The second kappa shape index (κ2) is 6.43. The van der Waals surface area contributed by atoms with Crippen LogP contribution in [0.3, 0.4) is 0 Å². The highest BCUT2D eigenvalue weighted by molar-refractivity contribution is 5.70. The predicted molar refractivity (Wildman–Crippen MR) is 79.2 cm³/mol. The number of pyridine rings is 1. The Labute approximate surface area is 128 Å². The van der Waals surface area contributed by atoms with Crippen molar-refractivity contribution in [3.63, 3.8) is 0 Å². The van der Waals surface area contributed by atoms with E-state index < -0.39 is 6.09 Å². The molecule has 0 radical (unpaired) electrons. The van der Waals surface area contributed by atoms with Crippen LogP contribution in [0.15, 0.2) is 49.4 Å². The summed E-state index contributed by atoms with van der Waals surface area (Å²) in [5.74, 6) is 0.197. The molecule has 0 amide bonds.